The van der Waals surface area contributed by atoms with Crippen molar-refractivity contribution >= 4 is 11.9 Å². The molecule has 7 nitrogen and oxygen atoms in total. The molecule has 7 heteroatoms. The molecule has 1 aliphatic rings. The summed E-state index contributed by atoms with van der Waals surface area (Å²) in [6.07, 6.45) is 2.03. The minimum atomic E-state index is -0.398. The van der Waals surface area contributed by atoms with Crippen LogP contribution in [0.5, 0.6) is 17.2 Å². The molecule has 2 aromatic carbocycles. The second-order valence-corrected chi connectivity index (χ2v) is 7.34. The van der Waals surface area contributed by atoms with Crippen LogP contribution in [0.4, 0.5) is 0 Å². The maximum atomic E-state index is 12.8. The summed E-state index contributed by atoms with van der Waals surface area (Å²) in [5.74, 6) is 1.62. The second kappa shape index (κ2) is 10.2. The molecule has 0 aromatic heterocycles. The maximum absolute atomic E-state index is 12.8. The van der Waals surface area contributed by atoms with E-state index in [-0.39, 0.29) is 18.6 Å². The smallest absolute Gasteiger partial charge is 0.337 e. The van der Waals surface area contributed by atoms with Crippen LogP contribution in [0.2, 0.25) is 0 Å². The molecule has 0 aliphatic carbocycles. The van der Waals surface area contributed by atoms with Crippen LogP contribution in [0, 0.1) is 0 Å². The molecule has 1 atom stereocenters. The van der Waals surface area contributed by atoms with Gasteiger partial charge < -0.3 is 23.8 Å². The zero-order chi connectivity index (χ0) is 22.4. The number of ether oxygens (including phenoxy) is 4. The number of esters is 1. The fraction of sp³-hybridized carbons (Fsp3) is 0.417. The van der Waals surface area contributed by atoms with Crippen LogP contribution in [0.25, 0.3) is 0 Å². The number of hydrogen-bond acceptors (Lipinski definition) is 6. The number of carbonyl (C=O) groups excluding carboxylic acids is 2. The molecular formula is C24H29NO6. The summed E-state index contributed by atoms with van der Waals surface area (Å²) in [6, 6.07) is 10.4. The van der Waals surface area contributed by atoms with E-state index in [9.17, 15) is 9.59 Å². The van der Waals surface area contributed by atoms with Crippen molar-refractivity contribution in [2.75, 3.05) is 34.5 Å². The summed E-state index contributed by atoms with van der Waals surface area (Å²) < 4.78 is 21.7. The molecule has 2 aromatic rings. The highest BCUT2D eigenvalue weighted by Gasteiger charge is 2.32. The van der Waals surface area contributed by atoms with Gasteiger partial charge in [-0.2, -0.15) is 0 Å². The Bertz CT molecular complexity index is 924. The number of benzene rings is 2. The third-order valence-corrected chi connectivity index (χ3v) is 5.47. The number of nitrogens with zero attached hydrogens (tertiary/aromatic N) is 1. The van der Waals surface area contributed by atoms with Crippen LogP contribution in [0.1, 0.15) is 47.3 Å². The lowest BCUT2D eigenvalue weighted by molar-refractivity contribution is -0.135. The predicted octanol–water partition coefficient (Wildman–Crippen LogP) is 3.80. The number of amides is 1. The molecule has 0 bridgehead atoms. The number of rotatable bonds is 8. The van der Waals surface area contributed by atoms with Crippen molar-refractivity contribution in [2.45, 2.75) is 32.2 Å². The van der Waals surface area contributed by atoms with Crippen LogP contribution in [0.15, 0.2) is 36.4 Å². The Kier molecular flexibility index (Phi) is 7.39. The van der Waals surface area contributed by atoms with Crippen LogP contribution < -0.4 is 14.2 Å². The lowest BCUT2D eigenvalue weighted by Gasteiger charge is -2.37. The fourth-order valence-corrected chi connectivity index (χ4v) is 3.84. The first-order valence-electron chi connectivity index (χ1n) is 10.4. The van der Waals surface area contributed by atoms with Gasteiger partial charge in [-0.3, -0.25) is 4.79 Å². The Balaban J connectivity index is 1.88. The van der Waals surface area contributed by atoms with Gasteiger partial charge in [-0.1, -0.05) is 6.92 Å². The van der Waals surface area contributed by atoms with Crippen molar-refractivity contribution in [1.82, 2.24) is 4.90 Å². The summed E-state index contributed by atoms with van der Waals surface area (Å²) >= 11 is 0. The summed E-state index contributed by atoms with van der Waals surface area (Å²) in [4.78, 5) is 26.3. The highest BCUT2D eigenvalue weighted by Crippen LogP contribution is 2.38. The molecule has 0 saturated carbocycles. The molecule has 3 rings (SSSR count). The SMILES string of the molecule is CCCC(=O)N1CCc2cc(OC)c(OC)cc2[C@@H]1COc1ccc(C(=O)OC)cc1. The average molecular weight is 427 g/mol. The van der Waals surface area contributed by atoms with Gasteiger partial charge in [-0.05, 0) is 60.4 Å². The van der Waals surface area contributed by atoms with Crippen molar-refractivity contribution in [3.05, 3.63) is 53.1 Å². The van der Waals surface area contributed by atoms with Crippen LogP contribution in [0.3, 0.4) is 0 Å². The highest BCUT2D eigenvalue weighted by molar-refractivity contribution is 5.89. The van der Waals surface area contributed by atoms with Gasteiger partial charge in [0.2, 0.25) is 5.91 Å². The van der Waals surface area contributed by atoms with Gasteiger partial charge in [-0.15, -0.1) is 0 Å². The summed E-state index contributed by atoms with van der Waals surface area (Å²) in [5.41, 5.74) is 2.57. The minimum absolute atomic E-state index is 0.109. The number of methoxy groups -OCH3 is 3. The molecule has 0 spiro atoms. The fourth-order valence-electron chi connectivity index (χ4n) is 3.84. The molecular weight excluding hydrogens is 398 g/mol. The van der Waals surface area contributed by atoms with Crippen LogP contribution in [-0.2, 0) is 16.0 Å². The third kappa shape index (κ3) is 4.93. The standard InChI is InChI=1S/C24H29NO6/c1-5-6-23(26)25-12-11-17-13-21(28-2)22(29-3)14-19(17)20(25)15-31-18-9-7-16(8-10-18)24(27)30-4/h7-10,13-14,20H,5-6,11-12,15H2,1-4H3/t20-/m0/s1. The van der Waals surface area contributed by atoms with Gasteiger partial charge in [0, 0.05) is 13.0 Å². The molecule has 1 amide bonds. The van der Waals surface area contributed by atoms with E-state index in [1.807, 2.05) is 24.0 Å². The lowest BCUT2D eigenvalue weighted by atomic mass is 9.91. The highest BCUT2D eigenvalue weighted by atomic mass is 16.5. The molecule has 31 heavy (non-hydrogen) atoms. The van der Waals surface area contributed by atoms with Crippen LogP contribution >= 0.6 is 0 Å². The van der Waals surface area contributed by atoms with Gasteiger partial charge in [-0.25, -0.2) is 4.79 Å². The number of fused-ring (bicyclic) bond motifs is 1. The molecule has 0 fully saturated rings. The normalized spacial score (nSPS) is 15.1. The van der Waals surface area contributed by atoms with Gasteiger partial charge in [0.1, 0.15) is 12.4 Å². The van der Waals surface area contributed by atoms with E-state index in [0.29, 0.717) is 35.8 Å². The van der Waals surface area contributed by atoms with E-state index in [1.165, 1.54) is 7.11 Å². The quantitative estimate of drug-likeness (QED) is 0.597. The molecule has 0 N–H and O–H groups in total. The molecule has 0 unspecified atom stereocenters. The third-order valence-electron chi connectivity index (χ3n) is 5.47. The topological polar surface area (TPSA) is 74.3 Å². The summed E-state index contributed by atoms with van der Waals surface area (Å²) in [7, 11) is 4.56. The van der Waals surface area contributed by atoms with Crippen molar-refractivity contribution in [2.24, 2.45) is 0 Å². The Labute approximate surface area is 182 Å². The first-order chi connectivity index (χ1) is 15.0. The maximum Gasteiger partial charge on any atom is 0.337 e. The van der Waals surface area contributed by atoms with Crippen molar-refractivity contribution in [3.63, 3.8) is 0 Å². The second-order valence-electron chi connectivity index (χ2n) is 7.34. The molecule has 0 radical (unpaired) electrons. The van der Waals surface area contributed by atoms with Crippen molar-refractivity contribution < 1.29 is 28.5 Å². The average Bonchev–Trinajstić information content (AvgIpc) is 2.81. The Morgan fingerprint density at radius 3 is 2.32 bits per heavy atom. The molecule has 166 valence electrons. The van der Waals surface area contributed by atoms with E-state index in [4.69, 9.17) is 18.9 Å². The van der Waals surface area contributed by atoms with E-state index in [0.717, 1.165) is 24.0 Å². The monoisotopic (exact) mass is 427 g/mol. The molecule has 1 heterocycles. The minimum Gasteiger partial charge on any atom is -0.493 e. The first-order valence-corrected chi connectivity index (χ1v) is 10.4. The molecule has 0 saturated heterocycles. The van der Waals surface area contributed by atoms with Gasteiger partial charge in [0.25, 0.3) is 0 Å². The Hall–Kier alpha value is -3.22. The van der Waals surface area contributed by atoms with Gasteiger partial charge in [0.05, 0.1) is 32.9 Å². The number of carbonyl (C=O) groups is 2. The summed E-state index contributed by atoms with van der Waals surface area (Å²) in [6.45, 7) is 2.91. The van der Waals surface area contributed by atoms with E-state index in [2.05, 4.69) is 0 Å². The Morgan fingerprint density at radius 2 is 1.71 bits per heavy atom. The van der Waals surface area contributed by atoms with E-state index >= 15 is 0 Å². The van der Waals surface area contributed by atoms with Crippen molar-refractivity contribution in [1.29, 1.82) is 0 Å². The summed E-state index contributed by atoms with van der Waals surface area (Å²) in [5, 5.41) is 0. The molecule has 1 aliphatic heterocycles. The van der Waals surface area contributed by atoms with Crippen LogP contribution in [-0.4, -0.2) is 51.3 Å². The zero-order valence-corrected chi connectivity index (χ0v) is 18.5. The van der Waals surface area contributed by atoms with Gasteiger partial charge in [0.15, 0.2) is 11.5 Å². The largest absolute Gasteiger partial charge is 0.493 e. The lowest BCUT2D eigenvalue weighted by Crippen LogP contribution is -2.42. The predicted molar refractivity (Wildman–Crippen MR) is 116 cm³/mol. The van der Waals surface area contributed by atoms with Crippen molar-refractivity contribution in [3.8, 4) is 17.2 Å². The number of hydrogen-bond donors (Lipinski definition) is 0. The first kappa shape index (κ1) is 22.5. The van der Waals surface area contributed by atoms with E-state index < -0.39 is 5.97 Å². The van der Waals surface area contributed by atoms with Gasteiger partial charge >= 0.3 is 5.97 Å². The zero-order valence-electron chi connectivity index (χ0n) is 18.5. The Morgan fingerprint density at radius 1 is 1.03 bits per heavy atom. The van der Waals surface area contributed by atoms with E-state index in [1.54, 1.807) is 38.5 Å².